The SMILES string of the molecule is CN=C(NCCCn1ccc2ccccc21)NCc1cccc(OCCN2CCOCC2)c1. The van der Waals surface area contributed by atoms with Crippen molar-refractivity contribution in [1.82, 2.24) is 20.1 Å². The summed E-state index contributed by atoms with van der Waals surface area (Å²) in [4.78, 5) is 6.73. The maximum atomic E-state index is 5.97. The first-order chi connectivity index (χ1) is 16.3. The summed E-state index contributed by atoms with van der Waals surface area (Å²) < 4.78 is 13.7. The van der Waals surface area contributed by atoms with E-state index in [2.05, 4.69) is 73.8 Å². The number of guanidine groups is 1. The van der Waals surface area contributed by atoms with E-state index in [0.29, 0.717) is 13.2 Å². The number of aromatic nitrogens is 1. The minimum absolute atomic E-state index is 0.691. The number of nitrogens with one attached hydrogen (secondary N) is 2. The Morgan fingerprint density at radius 2 is 1.91 bits per heavy atom. The van der Waals surface area contributed by atoms with Crippen molar-refractivity contribution >= 4 is 16.9 Å². The molecule has 7 nitrogen and oxygen atoms in total. The molecule has 176 valence electrons. The third-order valence-electron chi connectivity index (χ3n) is 5.91. The first kappa shape index (κ1) is 23.1. The van der Waals surface area contributed by atoms with Gasteiger partial charge in [-0.25, -0.2) is 0 Å². The highest BCUT2D eigenvalue weighted by molar-refractivity contribution is 5.80. The molecule has 0 unspecified atom stereocenters. The van der Waals surface area contributed by atoms with Gasteiger partial charge in [-0.1, -0.05) is 30.3 Å². The van der Waals surface area contributed by atoms with Gasteiger partial charge in [-0.05, 0) is 41.6 Å². The molecule has 0 amide bonds. The van der Waals surface area contributed by atoms with E-state index in [9.17, 15) is 0 Å². The average molecular weight is 450 g/mol. The average Bonchev–Trinajstić information content (AvgIpc) is 3.28. The number of benzene rings is 2. The lowest BCUT2D eigenvalue weighted by atomic mass is 10.2. The molecule has 2 aromatic carbocycles. The van der Waals surface area contributed by atoms with Crippen LogP contribution in [0.4, 0.5) is 0 Å². The predicted molar refractivity (Wildman–Crippen MR) is 134 cm³/mol. The van der Waals surface area contributed by atoms with E-state index in [-0.39, 0.29) is 0 Å². The molecule has 1 aromatic heterocycles. The fourth-order valence-corrected chi connectivity index (χ4v) is 4.06. The Balaban J connectivity index is 1.16. The van der Waals surface area contributed by atoms with Crippen LogP contribution in [0, 0.1) is 0 Å². The summed E-state index contributed by atoms with van der Waals surface area (Å²) in [6, 6.07) is 18.9. The zero-order valence-electron chi connectivity index (χ0n) is 19.5. The summed E-state index contributed by atoms with van der Waals surface area (Å²) in [5.74, 6) is 1.72. The fraction of sp³-hybridized carbons (Fsp3) is 0.423. The number of hydrogen-bond donors (Lipinski definition) is 2. The van der Waals surface area contributed by atoms with Crippen LogP contribution in [0.1, 0.15) is 12.0 Å². The van der Waals surface area contributed by atoms with Crippen LogP contribution >= 0.6 is 0 Å². The van der Waals surface area contributed by atoms with Crippen molar-refractivity contribution in [3.05, 3.63) is 66.4 Å². The molecule has 4 rings (SSSR count). The highest BCUT2D eigenvalue weighted by Crippen LogP contribution is 2.15. The number of aryl methyl sites for hydroxylation is 1. The predicted octanol–water partition coefficient (Wildman–Crippen LogP) is 3.11. The van der Waals surface area contributed by atoms with Gasteiger partial charge < -0.3 is 24.7 Å². The second-order valence-corrected chi connectivity index (χ2v) is 8.22. The van der Waals surface area contributed by atoms with Gasteiger partial charge in [-0.2, -0.15) is 0 Å². The van der Waals surface area contributed by atoms with Crippen molar-refractivity contribution in [1.29, 1.82) is 0 Å². The summed E-state index contributed by atoms with van der Waals surface area (Å²) in [7, 11) is 1.81. The van der Waals surface area contributed by atoms with Gasteiger partial charge in [0.25, 0.3) is 0 Å². The van der Waals surface area contributed by atoms with Crippen molar-refractivity contribution < 1.29 is 9.47 Å². The number of rotatable bonds is 10. The lowest BCUT2D eigenvalue weighted by Gasteiger charge is -2.26. The van der Waals surface area contributed by atoms with Crippen molar-refractivity contribution in [2.24, 2.45) is 4.99 Å². The molecule has 0 bridgehead atoms. The van der Waals surface area contributed by atoms with Crippen LogP contribution in [-0.2, 0) is 17.8 Å². The molecule has 2 heterocycles. The van der Waals surface area contributed by atoms with E-state index in [1.165, 1.54) is 16.5 Å². The highest BCUT2D eigenvalue weighted by Gasteiger charge is 2.10. The standard InChI is InChI=1S/C26H35N5O2/c1-27-26(28-11-5-12-31-13-10-23-7-2-3-9-25(23)31)29-21-22-6-4-8-24(20-22)33-19-16-30-14-17-32-18-15-30/h2-4,6-10,13,20H,5,11-12,14-19,21H2,1H3,(H2,27,28,29). The van der Waals surface area contributed by atoms with Gasteiger partial charge in [-0.3, -0.25) is 9.89 Å². The van der Waals surface area contributed by atoms with E-state index >= 15 is 0 Å². The maximum absolute atomic E-state index is 5.97. The molecule has 1 saturated heterocycles. The molecule has 0 saturated carbocycles. The largest absolute Gasteiger partial charge is 0.492 e. The molecule has 1 fully saturated rings. The first-order valence-corrected chi connectivity index (χ1v) is 11.8. The van der Waals surface area contributed by atoms with Gasteiger partial charge in [0, 0.05) is 58.0 Å². The highest BCUT2D eigenvalue weighted by atomic mass is 16.5. The van der Waals surface area contributed by atoms with Crippen molar-refractivity contribution in [3.63, 3.8) is 0 Å². The molecule has 1 aliphatic heterocycles. The van der Waals surface area contributed by atoms with Crippen molar-refractivity contribution in [2.75, 3.05) is 53.0 Å². The van der Waals surface area contributed by atoms with Crippen molar-refractivity contribution in [3.8, 4) is 5.75 Å². The normalized spacial score (nSPS) is 15.0. The van der Waals surface area contributed by atoms with Crippen LogP contribution in [0.3, 0.4) is 0 Å². The molecule has 33 heavy (non-hydrogen) atoms. The summed E-state index contributed by atoms with van der Waals surface area (Å²) in [6.45, 7) is 7.77. The minimum atomic E-state index is 0.691. The smallest absolute Gasteiger partial charge is 0.191 e. The van der Waals surface area contributed by atoms with Gasteiger partial charge in [0.2, 0.25) is 0 Å². The number of morpholine rings is 1. The topological polar surface area (TPSA) is 63.0 Å². The van der Waals surface area contributed by atoms with Gasteiger partial charge in [-0.15, -0.1) is 0 Å². The third-order valence-corrected chi connectivity index (χ3v) is 5.91. The second kappa shape index (κ2) is 12.3. The third kappa shape index (κ3) is 6.97. The molecule has 0 atom stereocenters. The Kier molecular flexibility index (Phi) is 8.61. The molecule has 1 aliphatic rings. The van der Waals surface area contributed by atoms with E-state index in [1.807, 2.05) is 12.1 Å². The molecule has 0 spiro atoms. The Labute approximate surface area is 196 Å². The van der Waals surface area contributed by atoms with E-state index in [0.717, 1.165) is 64.1 Å². The number of nitrogens with zero attached hydrogens (tertiary/aromatic N) is 3. The van der Waals surface area contributed by atoms with Crippen LogP contribution in [0.15, 0.2) is 65.8 Å². The van der Waals surface area contributed by atoms with Gasteiger partial charge in [0.1, 0.15) is 12.4 Å². The monoisotopic (exact) mass is 449 g/mol. The van der Waals surface area contributed by atoms with Crippen LogP contribution in [-0.4, -0.2) is 68.5 Å². The number of hydrogen-bond acceptors (Lipinski definition) is 4. The molecule has 0 aliphatic carbocycles. The zero-order valence-corrected chi connectivity index (χ0v) is 19.5. The molecular weight excluding hydrogens is 414 g/mol. The lowest BCUT2D eigenvalue weighted by molar-refractivity contribution is 0.0322. The van der Waals surface area contributed by atoms with Crippen LogP contribution in [0.25, 0.3) is 10.9 Å². The number of aliphatic imine (C=N–C) groups is 1. The Morgan fingerprint density at radius 3 is 2.79 bits per heavy atom. The molecular formula is C26H35N5O2. The van der Waals surface area contributed by atoms with E-state index < -0.39 is 0 Å². The van der Waals surface area contributed by atoms with Gasteiger partial charge in [0.05, 0.1) is 13.2 Å². The van der Waals surface area contributed by atoms with Crippen LogP contribution in [0.2, 0.25) is 0 Å². The van der Waals surface area contributed by atoms with Crippen LogP contribution in [0.5, 0.6) is 5.75 Å². The summed E-state index contributed by atoms with van der Waals surface area (Å²) in [6.07, 6.45) is 3.18. The molecule has 2 N–H and O–H groups in total. The van der Waals surface area contributed by atoms with E-state index in [4.69, 9.17) is 9.47 Å². The summed E-state index contributed by atoms with van der Waals surface area (Å²) in [5, 5.41) is 8.10. The van der Waals surface area contributed by atoms with Crippen molar-refractivity contribution in [2.45, 2.75) is 19.5 Å². The quantitative estimate of drug-likeness (QED) is 0.283. The maximum Gasteiger partial charge on any atom is 0.191 e. The van der Waals surface area contributed by atoms with E-state index in [1.54, 1.807) is 7.05 Å². The Hall–Kier alpha value is -3.03. The number of ether oxygens (including phenoxy) is 2. The Morgan fingerprint density at radius 1 is 1.03 bits per heavy atom. The van der Waals surface area contributed by atoms with Gasteiger partial charge >= 0.3 is 0 Å². The first-order valence-electron chi connectivity index (χ1n) is 11.8. The number of para-hydroxylation sites is 1. The number of fused-ring (bicyclic) bond motifs is 1. The fourth-order valence-electron chi connectivity index (χ4n) is 4.06. The van der Waals surface area contributed by atoms with Crippen LogP contribution < -0.4 is 15.4 Å². The zero-order chi connectivity index (χ0) is 22.7. The Bertz CT molecular complexity index is 1030. The molecule has 3 aromatic rings. The molecule has 7 heteroatoms. The van der Waals surface area contributed by atoms with Gasteiger partial charge in [0.15, 0.2) is 5.96 Å². The lowest BCUT2D eigenvalue weighted by Crippen LogP contribution is -2.38. The minimum Gasteiger partial charge on any atom is -0.492 e. The molecule has 0 radical (unpaired) electrons. The summed E-state index contributed by atoms with van der Waals surface area (Å²) in [5.41, 5.74) is 2.45. The summed E-state index contributed by atoms with van der Waals surface area (Å²) >= 11 is 0. The second-order valence-electron chi connectivity index (χ2n) is 8.22.